The van der Waals surface area contributed by atoms with Crippen molar-refractivity contribution in [1.29, 1.82) is 0 Å². The smallest absolute Gasteiger partial charge is 0.302 e. The Morgan fingerprint density at radius 3 is 2.46 bits per heavy atom. The monoisotopic (exact) mass is 380 g/mol. The van der Waals surface area contributed by atoms with Gasteiger partial charge in [0.25, 0.3) is 0 Å². The molecule has 2 heterocycles. The fourth-order valence-corrected chi connectivity index (χ4v) is 4.33. The molecule has 28 heavy (non-hydrogen) atoms. The zero-order valence-corrected chi connectivity index (χ0v) is 16.3. The van der Waals surface area contributed by atoms with Crippen molar-refractivity contribution in [3.05, 3.63) is 53.3 Å². The van der Waals surface area contributed by atoms with Crippen LogP contribution in [-0.2, 0) is 9.53 Å². The maximum absolute atomic E-state index is 11.4. The molecule has 4 rings (SSSR count). The highest BCUT2D eigenvalue weighted by molar-refractivity contribution is 6.15. The van der Waals surface area contributed by atoms with Gasteiger partial charge in [-0.05, 0) is 49.1 Å². The number of hydrogen-bond donors (Lipinski definition) is 0. The Bertz CT molecular complexity index is 910. The molecule has 1 aromatic carbocycles. The van der Waals surface area contributed by atoms with Gasteiger partial charge in [-0.25, -0.2) is 0 Å². The number of rotatable bonds is 4. The third-order valence-electron chi connectivity index (χ3n) is 5.56. The summed E-state index contributed by atoms with van der Waals surface area (Å²) in [5, 5.41) is 0. The summed E-state index contributed by atoms with van der Waals surface area (Å²) in [6.07, 6.45) is 5.96. The molecule has 0 N–H and O–H groups in total. The van der Waals surface area contributed by atoms with Gasteiger partial charge in [-0.2, -0.15) is 0 Å². The second kappa shape index (κ2) is 7.62. The van der Waals surface area contributed by atoms with Crippen molar-refractivity contribution in [1.82, 2.24) is 4.98 Å². The van der Waals surface area contributed by atoms with Gasteiger partial charge < -0.3 is 14.2 Å². The number of nitrogens with zero attached hydrogens (tertiary/aromatic N) is 2. The van der Waals surface area contributed by atoms with E-state index in [4.69, 9.17) is 19.2 Å². The van der Waals surface area contributed by atoms with Crippen LogP contribution in [-0.4, -0.2) is 43.0 Å². The zero-order valence-electron chi connectivity index (χ0n) is 16.3. The van der Waals surface area contributed by atoms with Crippen LogP contribution < -0.4 is 9.47 Å². The third kappa shape index (κ3) is 3.35. The lowest BCUT2D eigenvalue weighted by Crippen LogP contribution is -2.36. The van der Waals surface area contributed by atoms with Crippen molar-refractivity contribution in [2.45, 2.75) is 44.2 Å². The van der Waals surface area contributed by atoms with Gasteiger partial charge in [0.15, 0.2) is 11.5 Å². The van der Waals surface area contributed by atoms with E-state index < -0.39 is 0 Å². The van der Waals surface area contributed by atoms with Crippen LogP contribution >= 0.6 is 0 Å². The number of hydrogen-bond acceptors (Lipinski definition) is 6. The molecule has 0 saturated heterocycles. The zero-order chi connectivity index (χ0) is 19.7. The van der Waals surface area contributed by atoms with Crippen molar-refractivity contribution in [3.63, 3.8) is 0 Å². The molecule has 0 spiro atoms. The number of carbonyl (C=O) groups excluding carboxylic acids is 1. The molecule has 146 valence electrons. The molecule has 1 aromatic heterocycles. The Balaban J connectivity index is 1.82. The van der Waals surface area contributed by atoms with E-state index in [1.165, 1.54) is 12.5 Å². The molecule has 0 bridgehead atoms. The van der Waals surface area contributed by atoms with Gasteiger partial charge in [0, 0.05) is 36.4 Å². The minimum atomic E-state index is -0.229. The Hall–Kier alpha value is -2.89. The fraction of sp³-hybridized carbons (Fsp3) is 0.409. The van der Waals surface area contributed by atoms with E-state index >= 15 is 0 Å². The highest BCUT2D eigenvalue weighted by Crippen LogP contribution is 2.45. The van der Waals surface area contributed by atoms with E-state index in [1.54, 1.807) is 26.6 Å². The first kappa shape index (κ1) is 18.5. The van der Waals surface area contributed by atoms with Crippen LogP contribution in [0.3, 0.4) is 0 Å². The SMILES string of the molecule is COc1cc2c(cc1OC)C1CC(OC(C)=O)CCC1N=C2c1ccncc1. The lowest BCUT2D eigenvalue weighted by atomic mass is 9.74. The molecule has 6 nitrogen and oxygen atoms in total. The molecule has 6 heteroatoms. The second-order valence-corrected chi connectivity index (χ2v) is 7.23. The molecule has 3 unspecified atom stereocenters. The molecule has 0 radical (unpaired) electrons. The summed E-state index contributed by atoms with van der Waals surface area (Å²) < 4.78 is 16.6. The Morgan fingerprint density at radius 2 is 1.79 bits per heavy atom. The first-order chi connectivity index (χ1) is 13.6. The number of carbonyl (C=O) groups is 1. The molecule has 1 aliphatic heterocycles. The van der Waals surface area contributed by atoms with E-state index in [2.05, 4.69) is 11.1 Å². The standard InChI is InChI=1S/C22H24N2O4/c1-13(25)28-15-4-5-19-17(10-15)16-11-20(26-2)21(27-3)12-18(16)22(24-19)14-6-8-23-9-7-14/h6-9,11-12,15,17,19H,4-5,10H2,1-3H3. The fourth-order valence-electron chi connectivity index (χ4n) is 4.33. The van der Waals surface area contributed by atoms with Crippen LogP contribution in [0.15, 0.2) is 41.7 Å². The van der Waals surface area contributed by atoms with Crippen molar-refractivity contribution in [2.75, 3.05) is 14.2 Å². The lowest BCUT2D eigenvalue weighted by Gasteiger charge is -2.38. The van der Waals surface area contributed by atoms with Gasteiger partial charge in [-0.3, -0.25) is 14.8 Å². The molecule has 2 aliphatic rings. The third-order valence-corrected chi connectivity index (χ3v) is 5.56. The summed E-state index contributed by atoms with van der Waals surface area (Å²) >= 11 is 0. The number of aliphatic imine (C=N–C) groups is 1. The number of ether oxygens (including phenoxy) is 3. The number of methoxy groups -OCH3 is 2. The van der Waals surface area contributed by atoms with Gasteiger partial charge in [-0.15, -0.1) is 0 Å². The summed E-state index contributed by atoms with van der Waals surface area (Å²) in [4.78, 5) is 20.7. The van der Waals surface area contributed by atoms with E-state index in [0.29, 0.717) is 11.5 Å². The summed E-state index contributed by atoms with van der Waals surface area (Å²) in [5.41, 5.74) is 4.18. The van der Waals surface area contributed by atoms with Crippen LogP contribution in [0.5, 0.6) is 11.5 Å². The average Bonchev–Trinajstić information content (AvgIpc) is 2.72. The van der Waals surface area contributed by atoms with E-state index in [9.17, 15) is 4.79 Å². The quantitative estimate of drug-likeness (QED) is 0.759. The summed E-state index contributed by atoms with van der Waals surface area (Å²) in [5.74, 6) is 1.32. The van der Waals surface area contributed by atoms with Gasteiger partial charge in [0.05, 0.1) is 26.0 Å². The summed E-state index contributed by atoms with van der Waals surface area (Å²) in [6.45, 7) is 1.47. The van der Waals surface area contributed by atoms with Gasteiger partial charge in [0.1, 0.15) is 6.10 Å². The summed E-state index contributed by atoms with van der Waals surface area (Å²) in [7, 11) is 3.28. The topological polar surface area (TPSA) is 70.0 Å². The number of esters is 1. The van der Waals surface area contributed by atoms with E-state index in [-0.39, 0.29) is 24.0 Å². The van der Waals surface area contributed by atoms with Crippen LogP contribution in [0.1, 0.15) is 48.8 Å². The van der Waals surface area contributed by atoms with Crippen molar-refractivity contribution >= 4 is 11.7 Å². The number of fused-ring (bicyclic) bond motifs is 3. The maximum Gasteiger partial charge on any atom is 0.302 e. The summed E-state index contributed by atoms with van der Waals surface area (Å²) in [6, 6.07) is 8.16. The van der Waals surface area contributed by atoms with Crippen molar-refractivity contribution < 1.29 is 19.0 Å². The normalized spacial score (nSPS) is 23.1. The predicted molar refractivity (Wildman–Crippen MR) is 105 cm³/mol. The molecule has 3 atom stereocenters. The largest absolute Gasteiger partial charge is 0.493 e. The maximum atomic E-state index is 11.4. The van der Waals surface area contributed by atoms with Gasteiger partial charge in [0.2, 0.25) is 0 Å². The Kier molecular flexibility index (Phi) is 5.03. The van der Waals surface area contributed by atoms with Crippen LogP contribution in [0.25, 0.3) is 0 Å². The molecule has 0 amide bonds. The van der Waals surface area contributed by atoms with Crippen LogP contribution in [0.2, 0.25) is 0 Å². The molecule has 1 saturated carbocycles. The lowest BCUT2D eigenvalue weighted by molar-refractivity contribution is -0.148. The molecule has 1 aliphatic carbocycles. The number of aromatic nitrogens is 1. The molecular weight excluding hydrogens is 356 g/mol. The first-order valence-corrected chi connectivity index (χ1v) is 9.52. The number of benzene rings is 1. The van der Waals surface area contributed by atoms with E-state index in [1.807, 2.05) is 18.2 Å². The highest BCUT2D eigenvalue weighted by Gasteiger charge is 2.38. The minimum absolute atomic E-state index is 0.0719. The highest BCUT2D eigenvalue weighted by atomic mass is 16.5. The average molecular weight is 380 g/mol. The predicted octanol–water partition coefficient (Wildman–Crippen LogP) is 3.52. The van der Waals surface area contributed by atoms with Crippen LogP contribution in [0.4, 0.5) is 0 Å². The van der Waals surface area contributed by atoms with Crippen molar-refractivity contribution in [3.8, 4) is 11.5 Å². The van der Waals surface area contributed by atoms with Gasteiger partial charge >= 0.3 is 5.97 Å². The Labute approximate surface area is 164 Å². The number of pyridine rings is 1. The van der Waals surface area contributed by atoms with Crippen LogP contribution in [0, 0.1) is 0 Å². The van der Waals surface area contributed by atoms with E-state index in [0.717, 1.165) is 36.1 Å². The van der Waals surface area contributed by atoms with Gasteiger partial charge in [-0.1, -0.05) is 0 Å². The molecule has 2 aromatic rings. The van der Waals surface area contributed by atoms with Crippen molar-refractivity contribution in [2.24, 2.45) is 4.99 Å². The molecule has 1 fully saturated rings. The molecular formula is C22H24N2O4. The minimum Gasteiger partial charge on any atom is -0.493 e. The first-order valence-electron chi connectivity index (χ1n) is 9.52. The Morgan fingerprint density at radius 1 is 1.07 bits per heavy atom. The second-order valence-electron chi connectivity index (χ2n) is 7.23.